The van der Waals surface area contributed by atoms with E-state index in [1.54, 1.807) is 0 Å². The highest BCUT2D eigenvalue weighted by atomic mass is 32.2. The van der Waals surface area contributed by atoms with Crippen LogP contribution in [0, 0.1) is 0 Å². The third-order valence-electron chi connectivity index (χ3n) is 4.14. The normalized spacial score (nSPS) is 19.2. The molecule has 0 spiro atoms. The van der Waals surface area contributed by atoms with Gasteiger partial charge < -0.3 is 5.32 Å². The molecule has 0 saturated carbocycles. The average Bonchev–Trinajstić information content (AvgIpc) is 3.13. The highest BCUT2D eigenvalue weighted by Gasteiger charge is 2.18. The molecule has 0 aromatic heterocycles. The quantitative estimate of drug-likeness (QED) is 0.685. The maximum absolute atomic E-state index is 11.2. The van der Waals surface area contributed by atoms with Crippen molar-refractivity contribution in [3.8, 4) is 0 Å². The third-order valence-corrected chi connectivity index (χ3v) is 5.01. The smallest absolute Gasteiger partial charge is 0.236 e. The van der Waals surface area contributed by atoms with Gasteiger partial charge in [-0.2, -0.15) is 5.10 Å². The van der Waals surface area contributed by atoms with Crippen molar-refractivity contribution in [2.24, 2.45) is 10.2 Å². The van der Waals surface area contributed by atoms with Crippen molar-refractivity contribution in [2.45, 2.75) is 19.8 Å². The first-order valence-corrected chi connectivity index (χ1v) is 8.30. The molecule has 4 rings (SSSR count). The van der Waals surface area contributed by atoms with E-state index in [9.17, 15) is 4.79 Å². The lowest BCUT2D eigenvalue weighted by Crippen LogP contribution is -2.19. The summed E-state index contributed by atoms with van der Waals surface area (Å²) in [5, 5.41) is 14.4. The van der Waals surface area contributed by atoms with E-state index >= 15 is 0 Å². The molecule has 1 heterocycles. The molecule has 0 radical (unpaired) electrons. The summed E-state index contributed by atoms with van der Waals surface area (Å²) in [6.07, 6.45) is 2.24. The highest BCUT2D eigenvalue weighted by molar-refractivity contribution is 8.15. The molecule has 0 bridgehead atoms. The molecule has 5 heteroatoms. The van der Waals surface area contributed by atoms with Gasteiger partial charge in [0.05, 0.1) is 11.5 Å². The molecule has 2 aromatic rings. The summed E-state index contributed by atoms with van der Waals surface area (Å²) in [6.45, 7) is 1.96. The minimum atomic E-state index is -0.0121. The summed E-state index contributed by atoms with van der Waals surface area (Å²) in [5.74, 6) is 0.413. The first-order chi connectivity index (χ1) is 10.7. The Balaban J connectivity index is 1.77. The average molecular weight is 309 g/mol. The number of aryl methyl sites for hydroxylation is 2. The van der Waals surface area contributed by atoms with Crippen molar-refractivity contribution < 1.29 is 4.79 Å². The molecule has 1 amide bonds. The number of hydrogen-bond acceptors (Lipinski definition) is 4. The van der Waals surface area contributed by atoms with E-state index in [1.807, 2.05) is 6.92 Å². The van der Waals surface area contributed by atoms with E-state index in [4.69, 9.17) is 0 Å². The van der Waals surface area contributed by atoms with Crippen LogP contribution in [0.1, 0.15) is 23.6 Å². The number of benzene rings is 2. The molecule has 1 aliphatic heterocycles. The topological polar surface area (TPSA) is 53.8 Å². The number of rotatable bonds is 2. The predicted octanol–water partition coefficient (Wildman–Crippen LogP) is 2.88. The van der Waals surface area contributed by atoms with Gasteiger partial charge in [0.25, 0.3) is 0 Å². The molecule has 2 aliphatic rings. The zero-order valence-electron chi connectivity index (χ0n) is 12.2. The maximum Gasteiger partial charge on any atom is 0.236 e. The van der Waals surface area contributed by atoms with Gasteiger partial charge in [0, 0.05) is 5.56 Å². The second kappa shape index (κ2) is 5.25. The van der Waals surface area contributed by atoms with Crippen LogP contribution in [0.3, 0.4) is 0 Å². The van der Waals surface area contributed by atoms with Crippen LogP contribution in [0.2, 0.25) is 0 Å². The molecular weight excluding hydrogens is 294 g/mol. The Morgan fingerprint density at radius 2 is 2.00 bits per heavy atom. The van der Waals surface area contributed by atoms with Crippen molar-refractivity contribution in [3.63, 3.8) is 0 Å². The van der Waals surface area contributed by atoms with Crippen LogP contribution in [-0.4, -0.2) is 22.5 Å². The number of carbonyl (C=O) groups excluding carboxylic acids is 1. The molecule has 0 unspecified atom stereocenters. The Morgan fingerprint density at radius 3 is 2.77 bits per heavy atom. The van der Waals surface area contributed by atoms with Crippen molar-refractivity contribution in [3.05, 3.63) is 47.0 Å². The molecule has 1 N–H and O–H groups in total. The van der Waals surface area contributed by atoms with E-state index in [-0.39, 0.29) is 5.91 Å². The number of amidine groups is 1. The predicted molar refractivity (Wildman–Crippen MR) is 91.6 cm³/mol. The van der Waals surface area contributed by atoms with Crippen molar-refractivity contribution >= 4 is 39.3 Å². The Bertz CT molecular complexity index is 844. The Labute approximate surface area is 132 Å². The molecule has 1 saturated heterocycles. The van der Waals surface area contributed by atoms with E-state index in [1.165, 1.54) is 33.7 Å². The van der Waals surface area contributed by atoms with Crippen molar-refractivity contribution in [2.75, 3.05) is 5.75 Å². The summed E-state index contributed by atoms with van der Waals surface area (Å²) in [7, 11) is 0. The molecule has 22 heavy (non-hydrogen) atoms. The lowest BCUT2D eigenvalue weighted by atomic mass is 9.98. The highest BCUT2D eigenvalue weighted by Crippen LogP contribution is 2.33. The molecular formula is C17H15N3OS. The monoisotopic (exact) mass is 309 g/mol. The van der Waals surface area contributed by atoms with Gasteiger partial charge >= 0.3 is 0 Å². The SMILES string of the molecule is CC(=N/N=C1/NC(=O)CS1)c1ccc2c3c(cccc13)CC2. The molecule has 2 aromatic carbocycles. The van der Waals surface area contributed by atoms with Crippen LogP contribution in [0.15, 0.2) is 40.5 Å². The van der Waals surface area contributed by atoms with E-state index in [0.717, 1.165) is 24.1 Å². The zero-order chi connectivity index (χ0) is 15.1. The van der Waals surface area contributed by atoms with Crippen molar-refractivity contribution in [1.82, 2.24) is 5.32 Å². The van der Waals surface area contributed by atoms with E-state index in [2.05, 4.69) is 45.9 Å². The summed E-state index contributed by atoms with van der Waals surface area (Å²) in [6, 6.07) is 10.8. The lowest BCUT2D eigenvalue weighted by Gasteiger charge is -2.08. The Kier molecular flexibility index (Phi) is 3.22. The summed E-state index contributed by atoms with van der Waals surface area (Å²) < 4.78 is 0. The molecule has 4 nitrogen and oxygen atoms in total. The number of nitrogens with one attached hydrogen (secondary N) is 1. The fourth-order valence-corrected chi connectivity index (χ4v) is 3.74. The molecule has 1 fully saturated rings. The van der Waals surface area contributed by atoms with Crippen LogP contribution in [0.5, 0.6) is 0 Å². The van der Waals surface area contributed by atoms with Gasteiger partial charge in [0.2, 0.25) is 5.91 Å². The van der Waals surface area contributed by atoms with Crippen LogP contribution >= 0.6 is 11.8 Å². The van der Waals surface area contributed by atoms with Gasteiger partial charge in [-0.05, 0) is 41.7 Å². The fourth-order valence-electron chi connectivity index (χ4n) is 3.12. The van der Waals surface area contributed by atoms with Gasteiger partial charge in [0.15, 0.2) is 5.17 Å². The van der Waals surface area contributed by atoms with Gasteiger partial charge in [-0.1, -0.05) is 42.1 Å². The third kappa shape index (κ3) is 2.22. The van der Waals surface area contributed by atoms with Gasteiger partial charge in [-0.3, -0.25) is 4.79 Å². The lowest BCUT2D eigenvalue weighted by molar-refractivity contribution is -0.116. The van der Waals surface area contributed by atoms with Crippen LogP contribution in [-0.2, 0) is 17.6 Å². The van der Waals surface area contributed by atoms with E-state index < -0.39 is 0 Å². The zero-order valence-corrected chi connectivity index (χ0v) is 13.0. The summed E-state index contributed by atoms with van der Waals surface area (Å²) >= 11 is 1.39. The van der Waals surface area contributed by atoms with Gasteiger partial charge in [-0.15, -0.1) is 5.10 Å². The maximum atomic E-state index is 11.2. The van der Waals surface area contributed by atoms with Crippen molar-refractivity contribution in [1.29, 1.82) is 0 Å². The number of nitrogens with zero attached hydrogens (tertiary/aromatic N) is 2. The Morgan fingerprint density at radius 1 is 1.18 bits per heavy atom. The molecule has 110 valence electrons. The summed E-state index contributed by atoms with van der Waals surface area (Å²) in [5.41, 5.74) is 4.82. The number of amides is 1. The Hall–Kier alpha value is -2.14. The first kappa shape index (κ1) is 13.5. The minimum absolute atomic E-state index is 0.0121. The molecule has 0 atom stereocenters. The van der Waals surface area contributed by atoms with E-state index in [0.29, 0.717) is 10.9 Å². The molecule has 1 aliphatic carbocycles. The van der Waals surface area contributed by atoms with Crippen LogP contribution < -0.4 is 5.32 Å². The second-order valence-corrected chi connectivity index (χ2v) is 6.50. The number of thioether (sulfide) groups is 1. The number of hydrogen-bond donors (Lipinski definition) is 1. The first-order valence-electron chi connectivity index (χ1n) is 7.31. The van der Waals surface area contributed by atoms with Crippen LogP contribution in [0.25, 0.3) is 10.8 Å². The number of carbonyl (C=O) groups is 1. The second-order valence-electron chi connectivity index (χ2n) is 5.54. The van der Waals surface area contributed by atoms with Gasteiger partial charge in [-0.25, -0.2) is 0 Å². The van der Waals surface area contributed by atoms with Gasteiger partial charge in [0.1, 0.15) is 0 Å². The fraction of sp³-hybridized carbons (Fsp3) is 0.235. The standard InChI is InChI=1S/C17H15N3OS/c1-10(19-20-17-18-15(21)9-22-17)13-8-7-12-6-5-11-3-2-4-14(13)16(11)12/h2-4,7-8H,5-6,9H2,1H3,(H,18,20,21). The minimum Gasteiger partial charge on any atom is -0.303 e. The van der Waals surface area contributed by atoms with Crippen LogP contribution in [0.4, 0.5) is 0 Å². The largest absolute Gasteiger partial charge is 0.303 e. The summed E-state index contributed by atoms with van der Waals surface area (Å²) in [4.78, 5) is 11.2.